The van der Waals surface area contributed by atoms with Gasteiger partial charge in [0.15, 0.2) is 5.78 Å². The number of carbonyl (C=O) groups excluding carboxylic acids is 2. The van der Waals surface area contributed by atoms with Gasteiger partial charge in [-0.15, -0.1) is 0 Å². The number of benzene rings is 1. The second kappa shape index (κ2) is 6.17. The summed E-state index contributed by atoms with van der Waals surface area (Å²) >= 11 is 0. The number of aryl methyl sites for hydroxylation is 1. The second-order valence-corrected chi connectivity index (χ2v) is 4.75. The van der Waals surface area contributed by atoms with Crippen molar-refractivity contribution in [2.45, 2.75) is 20.4 Å². The Morgan fingerprint density at radius 1 is 1.10 bits per heavy atom. The molecule has 108 valence electrons. The van der Waals surface area contributed by atoms with Gasteiger partial charge in [-0.1, -0.05) is 18.2 Å². The highest BCUT2D eigenvalue weighted by molar-refractivity contribution is 5.94. The molecule has 21 heavy (non-hydrogen) atoms. The van der Waals surface area contributed by atoms with Crippen molar-refractivity contribution in [1.82, 2.24) is 4.57 Å². The van der Waals surface area contributed by atoms with Gasteiger partial charge < -0.3 is 9.88 Å². The average Bonchev–Trinajstić information content (AvgIpc) is 2.44. The lowest BCUT2D eigenvalue weighted by molar-refractivity contribution is -0.116. The van der Waals surface area contributed by atoms with Crippen LogP contribution in [0.1, 0.15) is 23.0 Å². The summed E-state index contributed by atoms with van der Waals surface area (Å²) in [7, 11) is 0. The number of amides is 1. The van der Waals surface area contributed by atoms with Crippen LogP contribution in [0.2, 0.25) is 0 Å². The van der Waals surface area contributed by atoms with Crippen molar-refractivity contribution in [2.24, 2.45) is 0 Å². The van der Waals surface area contributed by atoms with Gasteiger partial charge in [0, 0.05) is 11.4 Å². The first kappa shape index (κ1) is 14.7. The Balaban J connectivity index is 2.23. The van der Waals surface area contributed by atoms with E-state index in [1.54, 1.807) is 25.1 Å². The van der Waals surface area contributed by atoms with Crippen molar-refractivity contribution in [1.29, 1.82) is 0 Å². The Morgan fingerprint density at radius 2 is 1.76 bits per heavy atom. The highest BCUT2D eigenvalue weighted by Gasteiger charge is 2.12. The van der Waals surface area contributed by atoms with Gasteiger partial charge in [0.05, 0.1) is 5.56 Å². The van der Waals surface area contributed by atoms with E-state index in [-0.39, 0.29) is 23.8 Å². The molecule has 0 aliphatic heterocycles. The van der Waals surface area contributed by atoms with Crippen LogP contribution in [0, 0.1) is 6.92 Å². The summed E-state index contributed by atoms with van der Waals surface area (Å²) in [6, 6.07) is 12.1. The second-order valence-electron chi connectivity index (χ2n) is 4.75. The molecule has 1 aromatic carbocycles. The zero-order chi connectivity index (χ0) is 15.4. The number of nitrogens with one attached hydrogen (secondary N) is 1. The molecule has 1 N–H and O–H groups in total. The minimum absolute atomic E-state index is 0.0908. The van der Waals surface area contributed by atoms with Crippen LogP contribution in [0.4, 0.5) is 5.69 Å². The van der Waals surface area contributed by atoms with Gasteiger partial charge in [-0.05, 0) is 38.1 Å². The fourth-order valence-electron chi connectivity index (χ4n) is 2.00. The molecule has 1 amide bonds. The van der Waals surface area contributed by atoms with Crippen molar-refractivity contribution in [3.8, 4) is 0 Å². The Labute approximate surface area is 122 Å². The number of nitrogens with zero attached hydrogens (tertiary/aromatic N) is 1. The van der Waals surface area contributed by atoms with Crippen LogP contribution in [-0.2, 0) is 11.3 Å². The highest BCUT2D eigenvalue weighted by atomic mass is 16.2. The lowest BCUT2D eigenvalue weighted by Crippen LogP contribution is -2.32. The first-order valence-corrected chi connectivity index (χ1v) is 6.55. The molecule has 2 rings (SSSR count). The number of Topliss-reactive ketones (excluding diaryl/α,β-unsaturated/α-hetero) is 1. The third-order valence-electron chi connectivity index (χ3n) is 3.13. The molecule has 0 atom stereocenters. The van der Waals surface area contributed by atoms with Crippen LogP contribution >= 0.6 is 0 Å². The number of anilines is 1. The zero-order valence-electron chi connectivity index (χ0n) is 11.9. The Hall–Kier alpha value is -2.69. The smallest absolute Gasteiger partial charge is 0.262 e. The standard InChI is InChI=1S/C16H16N2O3/c1-11-8-9-14(12(2)19)16(21)18(11)10-15(20)17-13-6-4-3-5-7-13/h3-9H,10H2,1-2H3,(H,17,20). The quantitative estimate of drug-likeness (QED) is 0.873. The monoisotopic (exact) mass is 284 g/mol. The van der Waals surface area contributed by atoms with E-state index < -0.39 is 5.56 Å². The molecule has 0 aliphatic rings. The Bertz CT molecular complexity index is 733. The maximum absolute atomic E-state index is 12.2. The molecule has 0 spiro atoms. The molecular formula is C16H16N2O3. The van der Waals surface area contributed by atoms with E-state index in [1.807, 2.05) is 18.2 Å². The van der Waals surface area contributed by atoms with Crippen molar-refractivity contribution >= 4 is 17.4 Å². The van der Waals surface area contributed by atoms with Gasteiger partial charge in [-0.3, -0.25) is 14.4 Å². The van der Waals surface area contributed by atoms with Crippen LogP contribution < -0.4 is 10.9 Å². The van der Waals surface area contributed by atoms with Crippen LogP contribution in [0.15, 0.2) is 47.3 Å². The van der Waals surface area contributed by atoms with Crippen LogP contribution in [0.3, 0.4) is 0 Å². The Kier molecular flexibility index (Phi) is 4.33. The van der Waals surface area contributed by atoms with Gasteiger partial charge in [-0.25, -0.2) is 0 Å². The van der Waals surface area contributed by atoms with E-state index in [0.717, 1.165) is 0 Å². The van der Waals surface area contributed by atoms with Crippen LogP contribution in [-0.4, -0.2) is 16.3 Å². The summed E-state index contributed by atoms with van der Waals surface area (Å²) in [5, 5.41) is 2.71. The lowest BCUT2D eigenvalue weighted by Gasteiger charge is -2.11. The van der Waals surface area contributed by atoms with Crippen molar-refractivity contribution < 1.29 is 9.59 Å². The first-order chi connectivity index (χ1) is 9.99. The lowest BCUT2D eigenvalue weighted by atomic mass is 10.2. The maximum atomic E-state index is 12.2. The molecule has 0 unspecified atom stereocenters. The van der Waals surface area contributed by atoms with E-state index in [9.17, 15) is 14.4 Å². The fourth-order valence-corrected chi connectivity index (χ4v) is 2.00. The average molecular weight is 284 g/mol. The number of rotatable bonds is 4. The zero-order valence-corrected chi connectivity index (χ0v) is 11.9. The number of pyridine rings is 1. The van der Waals surface area contributed by atoms with Crippen LogP contribution in [0.5, 0.6) is 0 Å². The number of hydrogen-bond acceptors (Lipinski definition) is 3. The molecule has 5 nitrogen and oxygen atoms in total. The predicted molar refractivity (Wildman–Crippen MR) is 80.5 cm³/mol. The summed E-state index contributed by atoms with van der Waals surface area (Å²) < 4.78 is 1.30. The summed E-state index contributed by atoms with van der Waals surface area (Å²) in [5.74, 6) is -0.621. The van der Waals surface area contributed by atoms with E-state index in [2.05, 4.69) is 5.32 Å². The number of para-hydroxylation sites is 1. The summed E-state index contributed by atoms with van der Waals surface area (Å²) in [6.07, 6.45) is 0. The minimum Gasteiger partial charge on any atom is -0.325 e. The van der Waals surface area contributed by atoms with Gasteiger partial charge in [-0.2, -0.15) is 0 Å². The minimum atomic E-state index is -0.439. The van der Waals surface area contributed by atoms with Crippen LogP contribution in [0.25, 0.3) is 0 Å². The molecule has 5 heteroatoms. The van der Waals surface area contributed by atoms with E-state index in [4.69, 9.17) is 0 Å². The molecule has 0 fully saturated rings. The SMILES string of the molecule is CC(=O)c1ccc(C)n(CC(=O)Nc2ccccc2)c1=O. The fraction of sp³-hybridized carbons (Fsp3) is 0.188. The molecule has 0 bridgehead atoms. The number of aromatic nitrogens is 1. The normalized spacial score (nSPS) is 10.2. The third kappa shape index (κ3) is 3.45. The molecule has 1 aromatic heterocycles. The number of carbonyl (C=O) groups is 2. The van der Waals surface area contributed by atoms with E-state index in [1.165, 1.54) is 17.6 Å². The first-order valence-electron chi connectivity index (χ1n) is 6.55. The van der Waals surface area contributed by atoms with Crippen molar-refractivity contribution in [2.75, 3.05) is 5.32 Å². The summed E-state index contributed by atoms with van der Waals surface area (Å²) in [6.45, 7) is 2.93. The Morgan fingerprint density at radius 3 is 2.38 bits per heavy atom. The van der Waals surface area contributed by atoms with Gasteiger partial charge in [0.25, 0.3) is 5.56 Å². The molecule has 0 saturated carbocycles. The van der Waals surface area contributed by atoms with Crippen molar-refractivity contribution in [3.63, 3.8) is 0 Å². The van der Waals surface area contributed by atoms with Gasteiger partial charge >= 0.3 is 0 Å². The molecular weight excluding hydrogens is 268 g/mol. The number of ketones is 1. The molecule has 2 aromatic rings. The van der Waals surface area contributed by atoms with Crippen molar-refractivity contribution in [3.05, 3.63) is 64.1 Å². The summed E-state index contributed by atoms with van der Waals surface area (Å²) in [4.78, 5) is 35.6. The molecule has 0 saturated heterocycles. The van der Waals surface area contributed by atoms with E-state index >= 15 is 0 Å². The largest absolute Gasteiger partial charge is 0.325 e. The van der Waals surface area contributed by atoms with Gasteiger partial charge in [0.2, 0.25) is 5.91 Å². The van der Waals surface area contributed by atoms with E-state index in [0.29, 0.717) is 11.4 Å². The molecule has 0 aliphatic carbocycles. The highest BCUT2D eigenvalue weighted by Crippen LogP contribution is 2.06. The number of hydrogen-bond donors (Lipinski definition) is 1. The molecule has 0 radical (unpaired) electrons. The predicted octanol–water partition coefficient (Wildman–Crippen LogP) is 2.00. The third-order valence-corrected chi connectivity index (χ3v) is 3.13. The maximum Gasteiger partial charge on any atom is 0.262 e. The van der Waals surface area contributed by atoms with Gasteiger partial charge in [0.1, 0.15) is 6.54 Å². The topological polar surface area (TPSA) is 68.2 Å². The summed E-state index contributed by atoms with van der Waals surface area (Å²) in [5.41, 5.74) is 0.947. The molecule has 1 heterocycles.